The number of hydrogen-bond acceptors (Lipinski definition) is 2. The summed E-state index contributed by atoms with van der Waals surface area (Å²) in [5.74, 6) is 5.98. The fraction of sp³-hybridized carbons (Fsp3) is 0.357. The van der Waals surface area contributed by atoms with Crippen molar-refractivity contribution in [2.45, 2.75) is 31.3 Å². The number of rotatable bonds is 0. The van der Waals surface area contributed by atoms with Gasteiger partial charge in [0.25, 0.3) is 0 Å². The summed E-state index contributed by atoms with van der Waals surface area (Å²) in [6.45, 7) is 0. The molecule has 1 aromatic carbocycles. The quantitative estimate of drug-likeness (QED) is 0.717. The molecule has 1 N–H and O–H groups in total. The smallest absolute Gasteiger partial charge is 0.133 e. The highest BCUT2D eigenvalue weighted by molar-refractivity contribution is 6.30. The topological polar surface area (TPSA) is 37.3 Å². The monoisotopic (exact) mass is 248 g/mol. The Hall–Kier alpha value is -1.30. The number of carbonyl (C=O) groups excluding carboxylic acids is 1. The third-order valence-electron chi connectivity index (χ3n) is 2.90. The molecule has 0 heterocycles. The maximum Gasteiger partial charge on any atom is 0.133 e. The van der Waals surface area contributed by atoms with Gasteiger partial charge >= 0.3 is 0 Å². The van der Waals surface area contributed by atoms with Crippen LogP contribution in [0.4, 0.5) is 0 Å². The zero-order valence-corrected chi connectivity index (χ0v) is 10.1. The Morgan fingerprint density at radius 3 is 2.65 bits per heavy atom. The van der Waals surface area contributed by atoms with Crippen LogP contribution in [0.15, 0.2) is 24.3 Å². The summed E-state index contributed by atoms with van der Waals surface area (Å²) < 4.78 is 0. The van der Waals surface area contributed by atoms with E-state index in [2.05, 4.69) is 11.8 Å². The molecule has 1 fully saturated rings. The third kappa shape index (κ3) is 3.33. The first kappa shape index (κ1) is 12.2. The second-order valence-electron chi connectivity index (χ2n) is 4.33. The lowest BCUT2D eigenvalue weighted by Crippen LogP contribution is -2.32. The molecule has 0 atom stereocenters. The van der Waals surface area contributed by atoms with Gasteiger partial charge in [0.1, 0.15) is 11.4 Å². The fourth-order valence-electron chi connectivity index (χ4n) is 1.82. The minimum Gasteiger partial charge on any atom is -0.378 e. The Labute approximate surface area is 106 Å². The highest BCUT2D eigenvalue weighted by atomic mass is 35.5. The Morgan fingerprint density at radius 2 is 2.00 bits per heavy atom. The Balaban J connectivity index is 2.13. The molecule has 0 aromatic heterocycles. The SMILES string of the molecule is O=C1CCC(O)(C#Cc2cccc(Cl)c2)CC1. The number of hydrogen-bond donors (Lipinski definition) is 1. The average molecular weight is 249 g/mol. The molecule has 1 saturated carbocycles. The second kappa shape index (κ2) is 4.91. The Bertz CT molecular complexity index is 486. The number of carbonyl (C=O) groups is 1. The number of ketones is 1. The second-order valence-corrected chi connectivity index (χ2v) is 4.77. The van der Waals surface area contributed by atoms with Crippen LogP contribution in [0.5, 0.6) is 0 Å². The fourth-order valence-corrected chi connectivity index (χ4v) is 2.01. The summed E-state index contributed by atoms with van der Waals surface area (Å²) >= 11 is 5.85. The summed E-state index contributed by atoms with van der Waals surface area (Å²) in [5.41, 5.74) is -0.237. The molecule has 0 aliphatic heterocycles. The van der Waals surface area contributed by atoms with Gasteiger partial charge in [-0.3, -0.25) is 4.79 Å². The lowest BCUT2D eigenvalue weighted by molar-refractivity contribution is -0.123. The van der Waals surface area contributed by atoms with Crippen molar-refractivity contribution in [1.29, 1.82) is 0 Å². The van der Waals surface area contributed by atoms with Crippen LogP contribution in [-0.4, -0.2) is 16.5 Å². The zero-order chi connectivity index (χ0) is 12.3. The maximum atomic E-state index is 11.1. The van der Waals surface area contributed by atoms with Crippen LogP contribution in [0, 0.1) is 11.8 Å². The van der Waals surface area contributed by atoms with E-state index >= 15 is 0 Å². The van der Waals surface area contributed by atoms with Crippen molar-refractivity contribution in [3.63, 3.8) is 0 Å². The van der Waals surface area contributed by atoms with Gasteiger partial charge in [0.2, 0.25) is 0 Å². The largest absolute Gasteiger partial charge is 0.378 e. The summed E-state index contributed by atoms with van der Waals surface area (Å²) in [5, 5.41) is 10.8. The number of Topliss-reactive ketones (excluding diaryl/α,β-unsaturated/α-hetero) is 1. The van der Waals surface area contributed by atoms with E-state index in [4.69, 9.17) is 11.6 Å². The minimum absolute atomic E-state index is 0.208. The number of benzene rings is 1. The van der Waals surface area contributed by atoms with Gasteiger partial charge in [-0.25, -0.2) is 0 Å². The van der Waals surface area contributed by atoms with Crippen molar-refractivity contribution < 1.29 is 9.90 Å². The van der Waals surface area contributed by atoms with Gasteiger partial charge in [0.15, 0.2) is 0 Å². The van der Waals surface area contributed by atoms with Crippen LogP contribution in [-0.2, 0) is 4.79 Å². The van der Waals surface area contributed by atoms with Crippen molar-refractivity contribution in [2.24, 2.45) is 0 Å². The van der Waals surface area contributed by atoms with E-state index in [-0.39, 0.29) is 5.78 Å². The molecule has 88 valence electrons. The van der Waals surface area contributed by atoms with E-state index < -0.39 is 5.60 Å². The first-order valence-corrected chi connectivity index (χ1v) is 5.98. The molecule has 0 unspecified atom stereocenters. The maximum absolute atomic E-state index is 11.1. The van der Waals surface area contributed by atoms with Gasteiger partial charge in [-0.2, -0.15) is 0 Å². The normalized spacial score (nSPS) is 18.4. The molecular formula is C14H13ClO2. The number of halogens is 1. The summed E-state index contributed by atoms with van der Waals surface area (Å²) in [7, 11) is 0. The molecule has 2 nitrogen and oxygen atoms in total. The zero-order valence-electron chi connectivity index (χ0n) is 9.37. The molecule has 1 aliphatic carbocycles. The molecule has 0 amide bonds. The average Bonchev–Trinajstić information content (AvgIpc) is 2.31. The van der Waals surface area contributed by atoms with Gasteiger partial charge in [-0.05, 0) is 31.0 Å². The van der Waals surface area contributed by atoms with Crippen LogP contribution in [0.1, 0.15) is 31.2 Å². The highest BCUT2D eigenvalue weighted by Crippen LogP contribution is 2.25. The molecule has 0 bridgehead atoms. The summed E-state index contributed by atoms with van der Waals surface area (Å²) in [6.07, 6.45) is 1.69. The van der Waals surface area contributed by atoms with Gasteiger partial charge in [-0.15, -0.1) is 0 Å². The van der Waals surface area contributed by atoms with Gasteiger partial charge in [0, 0.05) is 23.4 Å². The van der Waals surface area contributed by atoms with Crippen LogP contribution >= 0.6 is 11.6 Å². The van der Waals surface area contributed by atoms with E-state index in [1.165, 1.54) is 0 Å². The Morgan fingerprint density at radius 1 is 1.29 bits per heavy atom. The van der Waals surface area contributed by atoms with Crippen molar-refractivity contribution in [1.82, 2.24) is 0 Å². The first-order valence-electron chi connectivity index (χ1n) is 5.60. The van der Waals surface area contributed by atoms with E-state index in [0.717, 1.165) is 5.56 Å². The van der Waals surface area contributed by atoms with Gasteiger partial charge < -0.3 is 5.11 Å². The van der Waals surface area contributed by atoms with E-state index in [9.17, 15) is 9.90 Å². The van der Waals surface area contributed by atoms with Crippen LogP contribution in [0.2, 0.25) is 5.02 Å². The molecule has 0 saturated heterocycles. The highest BCUT2D eigenvalue weighted by Gasteiger charge is 2.30. The van der Waals surface area contributed by atoms with Gasteiger partial charge in [0.05, 0.1) is 0 Å². The molecule has 3 heteroatoms. The molecule has 0 radical (unpaired) electrons. The van der Waals surface area contributed by atoms with Crippen molar-refractivity contribution in [3.05, 3.63) is 34.9 Å². The molecule has 17 heavy (non-hydrogen) atoms. The van der Waals surface area contributed by atoms with Crippen molar-refractivity contribution in [3.8, 4) is 11.8 Å². The predicted octanol–water partition coefficient (Wildman–Crippen LogP) is 2.57. The van der Waals surface area contributed by atoms with E-state index in [1.807, 2.05) is 12.1 Å². The molecule has 1 aromatic rings. The minimum atomic E-state index is -1.02. The van der Waals surface area contributed by atoms with Crippen molar-refractivity contribution in [2.75, 3.05) is 0 Å². The molecule has 1 aliphatic rings. The number of aliphatic hydroxyl groups is 1. The third-order valence-corrected chi connectivity index (χ3v) is 3.13. The van der Waals surface area contributed by atoms with E-state index in [0.29, 0.717) is 30.7 Å². The van der Waals surface area contributed by atoms with Crippen molar-refractivity contribution >= 4 is 17.4 Å². The predicted molar refractivity (Wildman–Crippen MR) is 66.8 cm³/mol. The van der Waals surface area contributed by atoms with Crippen LogP contribution in [0.3, 0.4) is 0 Å². The summed E-state index contributed by atoms with van der Waals surface area (Å²) in [4.78, 5) is 11.1. The molecular weight excluding hydrogens is 236 g/mol. The lowest BCUT2D eigenvalue weighted by Gasteiger charge is -2.25. The molecule has 2 rings (SSSR count). The first-order chi connectivity index (χ1) is 8.07. The van der Waals surface area contributed by atoms with Gasteiger partial charge in [-0.1, -0.05) is 29.5 Å². The Kier molecular flexibility index (Phi) is 3.51. The van der Waals surface area contributed by atoms with Crippen LogP contribution in [0.25, 0.3) is 0 Å². The van der Waals surface area contributed by atoms with Crippen LogP contribution < -0.4 is 0 Å². The molecule has 0 spiro atoms. The standard InChI is InChI=1S/C14H13ClO2/c15-12-3-1-2-11(10-12)4-7-14(17)8-5-13(16)6-9-14/h1-3,10,17H,5-6,8-9H2. The lowest BCUT2D eigenvalue weighted by atomic mass is 9.84. The van der Waals surface area contributed by atoms with E-state index in [1.54, 1.807) is 12.1 Å². The summed E-state index contributed by atoms with van der Waals surface area (Å²) in [6, 6.07) is 7.20.